The van der Waals surface area contributed by atoms with Crippen LogP contribution in [0.2, 0.25) is 0 Å². The van der Waals surface area contributed by atoms with Crippen molar-refractivity contribution in [1.82, 2.24) is 10.3 Å². The highest BCUT2D eigenvalue weighted by Gasteiger charge is 2.15. The maximum Gasteiger partial charge on any atom is 0.272 e. The molecule has 0 aliphatic heterocycles. The summed E-state index contributed by atoms with van der Waals surface area (Å²) in [5.74, 6) is -0.400. The molecule has 0 saturated heterocycles. The molecule has 0 spiro atoms. The van der Waals surface area contributed by atoms with E-state index in [2.05, 4.69) is 15.6 Å². The van der Waals surface area contributed by atoms with Gasteiger partial charge in [0, 0.05) is 29.7 Å². The van der Waals surface area contributed by atoms with E-state index >= 15 is 0 Å². The summed E-state index contributed by atoms with van der Waals surface area (Å²) in [5.41, 5.74) is 1.09. The lowest BCUT2D eigenvalue weighted by atomic mass is 10.2. The fourth-order valence-corrected chi connectivity index (χ4v) is 2.09. The number of anilines is 1. The number of nitrogens with zero attached hydrogens (tertiary/aromatic N) is 1. The van der Waals surface area contributed by atoms with Crippen LogP contribution in [0, 0.1) is 0 Å². The van der Waals surface area contributed by atoms with Crippen molar-refractivity contribution in [3.63, 3.8) is 0 Å². The molecule has 0 radical (unpaired) electrons. The van der Waals surface area contributed by atoms with Gasteiger partial charge < -0.3 is 15.1 Å². The Labute approximate surface area is 144 Å². The third-order valence-corrected chi connectivity index (χ3v) is 3.30. The van der Waals surface area contributed by atoms with E-state index in [1.54, 1.807) is 60.9 Å². The van der Waals surface area contributed by atoms with Crippen molar-refractivity contribution in [1.29, 1.82) is 0 Å². The summed E-state index contributed by atoms with van der Waals surface area (Å²) in [6.07, 6.45) is 6.09. The number of rotatable bonds is 5. The van der Waals surface area contributed by atoms with E-state index in [0.717, 1.165) is 0 Å². The third-order valence-electron chi connectivity index (χ3n) is 3.30. The van der Waals surface area contributed by atoms with E-state index in [1.807, 2.05) is 6.07 Å². The van der Waals surface area contributed by atoms with Gasteiger partial charge in [-0.1, -0.05) is 18.2 Å². The molecule has 0 aliphatic rings. The number of hydrogen-bond acceptors (Lipinski definition) is 4. The summed E-state index contributed by atoms with van der Waals surface area (Å²) < 4.78 is 5.23. The highest BCUT2D eigenvalue weighted by atomic mass is 16.3. The van der Waals surface area contributed by atoms with Gasteiger partial charge in [0.15, 0.2) is 0 Å². The predicted molar refractivity (Wildman–Crippen MR) is 93.5 cm³/mol. The lowest BCUT2D eigenvalue weighted by Gasteiger charge is -2.10. The van der Waals surface area contributed by atoms with Crippen molar-refractivity contribution in [2.45, 2.75) is 0 Å². The lowest BCUT2D eigenvalue weighted by molar-refractivity contribution is -0.113. The van der Waals surface area contributed by atoms with Crippen LogP contribution in [0.15, 0.2) is 83.4 Å². The quantitative estimate of drug-likeness (QED) is 0.703. The Bertz CT molecular complexity index is 873. The van der Waals surface area contributed by atoms with Gasteiger partial charge in [0.25, 0.3) is 11.8 Å². The maximum atomic E-state index is 12.5. The molecular formula is C19H15N3O3. The fraction of sp³-hybridized carbons (Fsp3) is 0. The average molecular weight is 333 g/mol. The molecule has 2 N–H and O–H groups in total. The number of nitrogens with one attached hydrogen (secondary N) is 2. The fourth-order valence-electron chi connectivity index (χ4n) is 2.09. The van der Waals surface area contributed by atoms with Crippen LogP contribution >= 0.6 is 0 Å². The molecule has 0 atom stereocenters. The predicted octanol–water partition coefficient (Wildman–Crippen LogP) is 3.08. The van der Waals surface area contributed by atoms with Gasteiger partial charge in [-0.2, -0.15) is 0 Å². The van der Waals surface area contributed by atoms with Gasteiger partial charge in [0.2, 0.25) is 0 Å². The first-order valence-electron chi connectivity index (χ1n) is 7.55. The number of hydrogen-bond donors (Lipinski definition) is 2. The first-order chi connectivity index (χ1) is 12.2. The molecule has 1 aromatic carbocycles. The Hall–Kier alpha value is -3.67. The molecule has 0 bridgehead atoms. The minimum absolute atomic E-state index is 0.0700. The van der Waals surface area contributed by atoms with Gasteiger partial charge >= 0.3 is 0 Å². The minimum atomic E-state index is -0.466. The Kier molecular flexibility index (Phi) is 5.01. The zero-order chi connectivity index (χ0) is 17.5. The number of benzene rings is 1. The first-order valence-corrected chi connectivity index (χ1v) is 7.55. The summed E-state index contributed by atoms with van der Waals surface area (Å²) in [4.78, 5) is 28.8. The smallest absolute Gasteiger partial charge is 0.272 e. The zero-order valence-corrected chi connectivity index (χ0v) is 13.2. The van der Waals surface area contributed by atoms with Gasteiger partial charge in [0.1, 0.15) is 11.5 Å². The SMILES string of the molecule is O=C(Nc1ccncc1)/C(=C/c1ccco1)NC(=O)c1ccccc1. The van der Waals surface area contributed by atoms with Crippen molar-refractivity contribution in [2.75, 3.05) is 5.32 Å². The third kappa shape index (κ3) is 4.42. The number of carbonyl (C=O) groups excluding carboxylic acids is 2. The second kappa shape index (κ2) is 7.74. The van der Waals surface area contributed by atoms with Crippen LogP contribution in [0.1, 0.15) is 16.1 Å². The van der Waals surface area contributed by atoms with Crippen LogP contribution in [0.25, 0.3) is 6.08 Å². The Morgan fingerprint density at radius 3 is 2.40 bits per heavy atom. The first kappa shape index (κ1) is 16.2. The van der Waals surface area contributed by atoms with Crippen LogP contribution < -0.4 is 10.6 Å². The van der Waals surface area contributed by atoms with Crippen LogP contribution in [0.4, 0.5) is 5.69 Å². The van der Waals surface area contributed by atoms with Crippen LogP contribution in [-0.4, -0.2) is 16.8 Å². The molecule has 2 heterocycles. The van der Waals surface area contributed by atoms with E-state index in [4.69, 9.17) is 4.42 Å². The molecule has 2 amide bonds. The molecule has 0 unspecified atom stereocenters. The van der Waals surface area contributed by atoms with E-state index in [1.165, 1.54) is 12.3 Å². The normalized spacial score (nSPS) is 11.0. The largest absolute Gasteiger partial charge is 0.465 e. The molecule has 124 valence electrons. The lowest BCUT2D eigenvalue weighted by Crippen LogP contribution is -2.30. The van der Waals surface area contributed by atoms with Crippen LogP contribution in [-0.2, 0) is 4.79 Å². The monoisotopic (exact) mass is 333 g/mol. The van der Waals surface area contributed by atoms with Gasteiger partial charge in [-0.25, -0.2) is 0 Å². The topological polar surface area (TPSA) is 84.2 Å². The number of furan rings is 1. The van der Waals surface area contributed by atoms with Gasteiger partial charge in [-0.15, -0.1) is 0 Å². The Balaban J connectivity index is 1.83. The van der Waals surface area contributed by atoms with Crippen molar-refractivity contribution in [2.24, 2.45) is 0 Å². The molecule has 3 aromatic rings. The van der Waals surface area contributed by atoms with E-state index in [0.29, 0.717) is 17.0 Å². The van der Waals surface area contributed by atoms with E-state index < -0.39 is 5.91 Å². The van der Waals surface area contributed by atoms with Gasteiger partial charge in [0.05, 0.1) is 6.26 Å². The summed E-state index contributed by atoms with van der Waals surface area (Å²) in [6.45, 7) is 0. The van der Waals surface area contributed by atoms with Gasteiger partial charge in [-0.3, -0.25) is 14.6 Å². The molecule has 6 nitrogen and oxygen atoms in total. The zero-order valence-electron chi connectivity index (χ0n) is 13.2. The molecule has 3 rings (SSSR count). The number of amides is 2. The van der Waals surface area contributed by atoms with E-state index in [-0.39, 0.29) is 11.6 Å². The summed E-state index contributed by atoms with van der Waals surface area (Å²) in [6, 6.07) is 15.3. The number of carbonyl (C=O) groups is 2. The number of aromatic nitrogens is 1. The second-order valence-electron chi connectivity index (χ2n) is 5.08. The molecule has 25 heavy (non-hydrogen) atoms. The minimum Gasteiger partial charge on any atom is -0.465 e. The van der Waals surface area contributed by atoms with E-state index in [9.17, 15) is 9.59 Å². The standard InChI is InChI=1S/C19H15N3O3/c23-18(14-5-2-1-3-6-14)22-17(13-16-7-4-12-25-16)19(24)21-15-8-10-20-11-9-15/h1-13H,(H,22,23)(H,20,21,24)/b17-13-. The van der Waals surface area contributed by atoms with Crippen molar-refractivity contribution >= 4 is 23.6 Å². The molecule has 0 fully saturated rings. The Morgan fingerprint density at radius 1 is 0.960 bits per heavy atom. The van der Waals surface area contributed by atoms with Crippen molar-refractivity contribution in [3.05, 3.63) is 90.3 Å². The summed E-state index contributed by atoms with van der Waals surface area (Å²) in [5, 5.41) is 5.33. The maximum absolute atomic E-state index is 12.5. The second-order valence-corrected chi connectivity index (χ2v) is 5.08. The molecule has 0 saturated carbocycles. The molecule has 2 aromatic heterocycles. The molecule has 0 aliphatic carbocycles. The van der Waals surface area contributed by atoms with Crippen molar-refractivity contribution < 1.29 is 14.0 Å². The summed E-state index contributed by atoms with van der Waals surface area (Å²) in [7, 11) is 0. The highest BCUT2D eigenvalue weighted by molar-refractivity contribution is 6.10. The van der Waals surface area contributed by atoms with Gasteiger partial charge in [-0.05, 0) is 36.4 Å². The number of pyridine rings is 1. The summed E-state index contributed by atoms with van der Waals surface area (Å²) >= 11 is 0. The highest BCUT2D eigenvalue weighted by Crippen LogP contribution is 2.11. The molecule has 6 heteroatoms. The Morgan fingerprint density at radius 2 is 1.72 bits per heavy atom. The van der Waals surface area contributed by atoms with Crippen molar-refractivity contribution in [3.8, 4) is 0 Å². The average Bonchev–Trinajstić information content (AvgIpc) is 3.16. The van der Waals surface area contributed by atoms with Crippen LogP contribution in [0.3, 0.4) is 0 Å². The van der Waals surface area contributed by atoms with Crippen LogP contribution in [0.5, 0.6) is 0 Å². The molecular weight excluding hydrogens is 318 g/mol.